The third-order valence-corrected chi connectivity index (χ3v) is 7.48. The van der Waals surface area contributed by atoms with Gasteiger partial charge in [0.2, 0.25) is 0 Å². The number of hydrogen-bond donors (Lipinski definition) is 1. The number of amides is 4. The van der Waals surface area contributed by atoms with Gasteiger partial charge in [-0.2, -0.15) is 0 Å². The number of carbonyl (C=O) groups is 4. The molecule has 35 heavy (non-hydrogen) atoms. The fourth-order valence-corrected chi connectivity index (χ4v) is 5.53. The second-order valence-corrected chi connectivity index (χ2v) is 9.96. The van der Waals surface area contributed by atoms with Crippen molar-refractivity contribution in [2.75, 3.05) is 7.11 Å². The molecule has 1 N–H and O–H groups in total. The van der Waals surface area contributed by atoms with Gasteiger partial charge in [0.25, 0.3) is 11.8 Å². The normalized spacial score (nSPS) is 24.6. The Morgan fingerprint density at radius 2 is 1.83 bits per heavy atom. The molecule has 0 unspecified atom stereocenters. The SMILES string of the molecule is COc1cc(/C=C2\C(=O)NC(=O)N([C@H]3C[C@H]4CC[C@H]3C4)C2=O)ccc1OC(=O)c1ccc(Br)cc1. The maximum atomic E-state index is 13.2. The number of methoxy groups -OCH3 is 1. The molecule has 2 aromatic carbocycles. The molecule has 8 nitrogen and oxygen atoms in total. The Hall–Kier alpha value is -3.46. The predicted molar refractivity (Wildman–Crippen MR) is 130 cm³/mol. The summed E-state index contributed by atoms with van der Waals surface area (Å²) in [6, 6.07) is 10.6. The van der Waals surface area contributed by atoms with Gasteiger partial charge in [0.1, 0.15) is 5.57 Å². The van der Waals surface area contributed by atoms with Crippen molar-refractivity contribution < 1.29 is 28.7 Å². The van der Waals surface area contributed by atoms with Crippen molar-refractivity contribution >= 4 is 45.8 Å². The van der Waals surface area contributed by atoms with Gasteiger partial charge in [0.15, 0.2) is 11.5 Å². The van der Waals surface area contributed by atoms with Crippen LogP contribution in [0.2, 0.25) is 0 Å². The molecule has 3 atom stereocenters. The number of rotatable bonds is 5. The first-order chi connectivity index (χ1) is 16.8. The highest BCUT2D eigenvalue weighted by molar-refractivity contribution is 9.10. The summed E-state index contributed by atoms with van der Waals surface area (Å²) >= 11 is 3.32. The molecule has 0 radical (unpaired) electrons. The molecule has 0 aromatic heterocycles. The topological polar surface area (TPSA) is 102 Å². The molecule has 1 aliphatic heterocycles. The third-order valence-electron chi connectivity index (χ3n) is 6.95. The third kappa shape index (κ3) is 4.48. The number of imide groups is 2. The van der Waals surface area contributed by atoms with E-state index in [4.69, 9.17) is 9.47 Å². The number of barbiturate groups is 1. The van der Waals surface area contributed by atoms with E-state index >= 15 is 0 Å². The van der Waals surface area contributed by atoms with Gasteiger partial charge in [0, 0.05) is 10.5 Å². The lowest BCUT2D eigenvalue weighted by Gasteiger charge is -2.35. The molecule has 2 saturated carbocycles. The first kappa shape index (κ1) is 23.3. The van der Waals surface area contributed by atoms with Crippen molar-refractivity contribution in [3.05, 3.63) is 63.6 Å². The Balaban J connectivity index is 1.38. The van der Waals surface area contributed by atoms with Gasteiger partial charge in [0.05, 0.1) is 12.7 Å². The Labute approximate surface area is 210 Å². The van der Waals surface area contributed by atoms with Crippen LogP contribution in [0, 0.1) is 11.8 Å². The summed E-state index contributed by atoms with van der Waals surface area (Å²) < 4.78 is 11.7. The molecular formula is C26H23BrN2O6. The van der Waals surface area contributed by atoms with Crippen LogP contribution in [0.4, 0.5) is 4.79 Å². The molecule has 1 heterocycles. The van der Waals surface area contributed by atoms with E-state index in [-0.39, 0.29) is 23.1 Å². The van der Waals surface area contributed by atoms with E-state index in [1.807, 2.05) is 0 Å². The molecule has 4 amide bonds. The lowest BCUT2D eigenvalue weighted by Crippen LogP contribution is -2.58. The highest BCUT2D eigenvalue weighted by Crippen LogP contribution is 2.47. The number of fused-ring (bicyclic) bond motifs is 2. The van der Waals surface area contributed by atoms with Crippen LogP contribution in [-0.4, -0.2) is 41.9 Å². The van der Waals surface area contributed by atoms with E-state index in [0.717, 1.165) is 30.2 Å². The van der Waals surface area contributed by atoms with Crippen LogP contribution in [0.3, 0.4) is 0 Å². The molecule has 0 spiro atoms. The van der Waals surface area contributed by atoms with Crippen LogP contribution < -0.4 is 14.8 Å². The Morgan fingerprint density at radius 1 is 1.06 bits per heavy atom. The summed E-state index contributed by atoms with van der Waals surface area (Å²) in [5.74, 6) is -0.583. The zero-order valence-electron chi connectivity index (χ0n) is 19.0. The zero-order chi connectivity index (χ0) is 24.7. The maximum Gasteiger partial charge on any atom is 0.343 e. The van der Waals surface area contributed by atoms with Crippen LogP contribution in [0.1, 0.15) is 41.6 Å². The first-order valence-corrected chi connectivity index (χ1v) is 12.2. The number of benzene rings is 2. The fraction of sp³-hybridized carbons (Fsp3) is 0.308. The molecular weight excluding hydrogens is 516 g/mol. The average Bonchev–Trinajstić information content (AvgIpc) is 3.46. The molecule has 2 aromatic rings. The van der Waals surface area contributed by atoms with Crippen LogP contribution >= 0.6 is 15.9 Å². The molecule has 1 saturated heterocycles. The monoisotopic (exact) mass is 538 g/mol. The summed E-state index contributed by atoms with van der Waals surface area (Å²) in [7, 11) is 1.43. The van der Waals surface area contributed by atoms with Crippen LogP contribution in [-0.2, 0) is 9.59 Å². The van der Waals surface area contributed by atoms with Gasteiger partial charge in [-0.3, -0.25) is 19.8 Å². The van der Waals surface area contributed by atoms with Crippen molar-refractivity contribution in [3.63, 3.8) is 0 Å². The summed E-state index contributed by atoms with van der Waals surface area (Å²) in [4.78, 5) is 52.0. The summed E-state index contributed by atoms with van der Waals surface area (Å²) in [5.41, 5.74) is 0.747. The number of nitrogens with one attached hydrogen (secondary N) is 1. The first-order valence-electron chi connectivity index (χ1n) is 11.4. The Kier molecular flexibility index (Phi) is 6.19. The Bertz CT molecular complexity index is 1250. The van der Waals surface area contributed by atoms with Crippen LogP contribution in [0.25, 0.3) is 6.08 Å². The maximum absolute atomic E-state index is 13.2. The number of urea groups is 1. The minimum atomic E-state index is -0.732. The minimum absolute atomic E-state index is 0.117. The van der Waals surface area contributed by atoms with E-state index in [0.29, 0.717) is 23.0 Å². The number of hydrogen-bond acceptors (Lipinski definition) is 6. The van der Waals surface area contributed by atoms with Crippen LogP contribution in [0.15, 0.2) is 52.5 Å². The molecule has 3 fully saturated rings. The van der Waals surface area contributed by atoms with Crippen molar-refractivity contribution in [1.82, 2.24) is 10.2 Å². The highest BCUT2D eigenvalue weighted by atomic mass is 79.9. The fourth-order valence-electron chi connectivity index (χ4n) is 5.27. The van der Waals surface area contributed by atoms with Crippen LogP contribution in [0.5, 0.6) is 11.5 Å². The lowest BCUT2D eigenvalue weighted by molar-refractivity contribution is -0.132. The molecule has 180 valence electrons. The van der Waals surface area contributed by atoms with E-state index in [1.54, 1.807) is 36.4 Å². The van der Waals surface area contributed by atoms with Crippen molar-refractivity contribution in [2.45, 2.75) is 31.7 Å². The zero-order valence-corrected chi connectivity index (χ0v) is 20.5. The van der Waals surface area contributed by atoms with Crippen molar-refractivity contribution in [2.24, 2.45) is 11.8 Å². The number of ether oxygens (including phenoxy) is 2. The van der Waals surface area contributed by atoms with Gasteiger partial charge in [-0.1, -0.05) is 28.4 Å². The van der Waals surface area contributed by atoms with Gasteiger partial charge in [-0.25, -0.2) is 9.59 Å². The number of nitrogens with zero attached hydrogens (tertiary/aromatic N) is 1. The summed E-state index contributed by atoms with van der Waals surface area (Å²) in [5, 5.41) is 2.31. The van der Waals surface area contributed by atoms with Gasteiger partial charge < -0.3 is 9.47 Å². The molecule has 2 bridgehead atoms. The van der Waals surface area contributed by atoms with Gasteiger partial charge in [-0.05, 0) is 79.1 Å². The molecule has 9 heteroatoms. The Morgan fingerprint density at radius 3 is 2.49 bits per heavy atom. The lowest BCUT2D eigenvalue weighted by atomic mass is 9.93. The predicted octanol–water partition coefficient (Wildman–Crippen LogP) is 4.33. The average molecular weight is 539 g/mol. The van der Waals surface area contributed by atoms with Gasteiger partial charge in [-0.15, -0.1) is 0 Å². The highest BCUT2D eigenvalue weighted by Gasteiger charge is 2.49. The molecule has 2 aliphatic carbocycles. The summed E-state index contributed by atoms with van der Waals surface area (Å²) in [6.07, 6.45) is 5.36. The van der Waals surface area contributed by atoms with E-state index in [9.17, 15) is 19.2 Å². The number of carbonyl (C=O) groups excluding carboxylic acids is 4. The standard InChI is InChI=1S/C26H23BrN2O6/c1-34-22-13-15(3-9-21(22)35-25(32)16-5-7-18(27)8-6-16)11-19-23(30)28-26(33)29(24(19)31)20-12-14-2-4-17(20)10-14/h3,5-9,11,13-14,17,20H,2,4,10,12H2,1H3,(H,28,30,33)/b19-11+/t14-,17-,20-/m0/s1. The molecule has 5 rings (SSSR count). The largest absolute Gasteiger partial charge is 0.493 e. The number of esters is 1. The van der Waals surface area contributed by atoms with Crippen molar-refractivity contribution in [3.8, 4) is 11.5 Å². The molecule has 3 aliphatic rings. The second-order valence-electron chi connectivity index (χ2n) is 9.04. The quantitative estimate of drug-likeness (QED) is 0.263. The van der Waals surface area contributed by atoms with E-state index in [2.05, 4.69) is 21.2 Å². The van der Waals surface area contributed by atoms with E-state index in [1.165, 1.54) is 24.2 Å². The number of halogens is 1. The van der Waals surface area contributed by atoms with Crippen molar-refractivity contribution in [1.29, 1.82) is 0 Å². The second kappa shape index (κ2) is 9.30. The smallest absolute Gasteiger partial charge is 0.343 e. The summed E-state index contributed by atoms with van der Waals surface area (Å²) in [6.45, 7) is 0. The minimum Gasteiger partial charge on any atom is -0.493 e. The van der Waals surface area contributed by atoms with E-state index < -0.39 is 23.8 Å². The van der Waals surface area contributed by atoms with Gasteiger partial charge >= 0.3 is 12.0 Å².